The van der Waals surface area contributed by atoms with Crippen LogP contribution in [0.2, 0.25) is 0 Å². The zero-order chi connectivity index (χ0) is 18.9. The molecule has 5 rings (SSSR count). The first kappa shape index (κ1) is 16.7. The van der Waals surface area contributed by atoms with Crippen molar-refractivity contribution in [1.82, 2.24) is 25.0 Å². The molecule has 2 heterocycles. The number of fused-ring (bicyclic) bond motifs is 1. The third kappa shape index (κ3) is 3.15. The van der Waals surface area contributed by atoms with Crippen LogP contribution in [-0.4, -0.2) is 25.0 Å². The molecule has 2 aromatic carbocycles. The summed E-state index contributed by atoms with van der Waals surface area (Å²) in [4.78, 5) is 4.00. The molecule has 0 saturated carbocycles. The van der Waals surface area contributed by atoms with Gasteiger partial charge in [-0.3, -0.25) is 0 Å². The Hall–Kier alpha value is -3.48. The van der Waals surface area contributed by atoms with Gasteiger partial charge in [-0.15, -0.1) is 5.10 Å². The zero-order valence-corrected chi connectivity index (χ0v) is 15.6. The third-order valence-electron chi connectivity index (χ3n) is 5.14. The molecule has 1 aliphatic rings. The Morgan fingerprint density at radius 2 is 2.00 bits per heavy atom. The zero-order valence-electron chi connectivity index (χ0n) is 15.6. The molecule has 0 amide bonds. The fourth-order valence-electron chi connectivity index (χ4n) is 3.71. The quantitative estimate of drug-likeness (QED) is 0.575. The molecule has 2 aromatic heterocycles. The van der Waals surface area contributed by atoms with E-state index in [0.29, 0.717) is 18.5 Å². The molecule has 28 heavy (non-hydrogen) atoms. The van der Waals surface area contributed by atoms with Crippen LogP contribution in [0.3, 0.4) is 0 Å². The second-order valence-corrected chi connectivity index (χ2v) is 7.06. The number of aromatic nitrogens is 5. The van der Waals surface area contributed by atoms with Crippen molar-refractivity contribution in [1.29, 1.82) is 0 Å². The van der Waals surface area contributed by atoms with Crippen molar-refractivity contribution in [2.75, 3.05) is 5.32 Å². The van der Waals surface area contributed by atoms with Crippen molar-refractivity contribution in [3.63, 3.8) is 0 Å². The van der Waals surface area contributed by atoms with E-state index in [9.17, 15) is 0 Å². The summed E-state index contributed by atoms with van der Waals surface area (Å²) in [6.07, 6.45) is 6.75. The van der Waals surface area contributed by atoms with Gasteiger partial charge in [-0.1, -0.05) is 23.3 Å². The molecule has 0 fully saturated rings. The molecule has 140 valence electrons. The highest BCUT2D eigenvalue weighted by Gasteiger charge is 2.14. The number of rotatable bonds is 5. The summed E-state index contributed by atoms with van der Waals surface area (Å²) in [6, 6.07) is 13.0. The van der Waals surface area contributed by atoms with Crippen molar-refractivity contribution in [3.8, 4) is 17.1 Å². The number of aryl methyl sites for hydroxylation is 3. The Balaban J connectivity index is 1.28. The predicted octanol–water partition coefficient (Wildman–Crippen LogP) is 3.73. The van der Waals surface area contributed by atoms with Crippen LogP contribution < -0.4 is 5.32 Å². The maximum Gasteiger partial charge on any atom is 0.316 e. The van der Waals surface area contributed by atoms with E-state index in [1.54, 1.807) is 11.0 Å². The molecule has 7 nitrogen and oxygen atoms in total. The number of benzene rings is 2. The molecule has 0 aliphatic heterocycles. The highest BCUT2D eigenvalue weighted by Crippen LogP contribution is 2.28. The lowest BCUT2D eigenvalue weighted by Gasteiger charge is -2.08. The summed E-state index contributed by atoms with van der Waals surface area (Å²) in [7, 11) is 0. The highest BCUT2D eigenvalue weighted by atomic mass is 16.4. The van der Waals surface area contributed by atoms with E-state index < -0.39 is 0 Å². The number of nitrogens with zero attached hydrogens (tertiary/aromatic N) is 5. The lowest BCUT2D eigenvalue weighted by atomic mass is 10.1. The Bertz CT molecular complexity index is 1120. The lowest BCUT2D eigenvalue weighted by Crippen LogP contribution is -2.02. The number of nitrogens with one attached hydrogen (secondary N) is 1. The minimum atomic E-state index is 0.425. The second kappa shape index (κ2) is 6.92. The van der Waals surface area contributed by atoms with Gasteiger partial charge >= 0.3 is 6.01 Å². The van der Waals surface area contributed by atoms with Gasteiger partial charge < -0.3 is 9.73 Å². The van der Waals surface area contributed by atoms with Gasteiger partial charge in [0.05, 0.1) is 5.69 Å². The first-order valence-electron chi connectivity index (χ1n) is 9.40. The summed E-state index contributed by atoms with van der Waals surface area (Å²) in [5.74, 6) is 0.551. The van der Waals surface area contributed by atoms with Crippen LogP contribution in [0.25, 0.3) is 17.1 Å². The average Bonchev–Trinajstić information content (AvgIpc) is 3.47. The summed E-state index contributed by atoms with van der Waals surface area (Å²) < 4.78 is 7.57. The molecular weight excluding hydrogens is 352 g/mol. The first-order chi connectivity index (χ1) is 13.8. The van der Waals surface area contributed by atoms with Crippen LogP contribution in [0.5, 0.6) is 0 Å². The molecular formula is C21H20N6O. The van der Waals surface area contributed by atoms with Crippen LogP contribution in [0.4, 0.5) is 6.01 Å². The van der Waals surface area contributed by atoms with Crippen LogP contribution in [-0.2, 0) is 19.4 Å². The third-order valence-corrected chi connectivity index (χ3v) is 5.14. The van der Waals surface area contributed by atoms with E-state index in [4.69, 9.17) is 4.42 Å². The van der Waals surface area contributed by atoms with Crippen LogP contribution in [0.1, 0.15) is 28.7 Å². The van der Waals surface area contributed by atoms with Crippen LogP contribution >= 0.6 is 0 Å². The Kier molecular flexibility index (Phi) is 4.12. The van der Waals surface area contributed by atoms with E-state index in [2.05, 4.69) is 62.9 Å². The smallest absolute Gasteiger partial charge is 0.316 e. The van der Waals surface area contributed by atoms with Crippen molar-refractivity contribution >= 4 is 6.01 Å². The summed E-state index contributed by atoms with van der Waals surface area (Å²) >= 11 is 0. The minimum absolute atomic E-state index is 0.425. The number of hydrogen-bond acceptors (Lipinski definition) is 6. The van der Waals surface area contributed by atoms with Crippen molar-refractivity contribution < 1.29 is 4.42 Å². The van der Waals surface area contributed by atoms with E-state index in [0.717, 1.165) is 28.8 Å². The molecule has 1 aliphatic carbocycles. The Labute approximate surface area is 162 Å². The molecule has 0 bridgehead atoms. The fraction of sp³-hybridized carbons (Fsp3) is 0.238. The molecule has 0 atom stereocenters. The van der Waals surface area contributed by atoms with E-state index in [1.807, 2.05) is 6.07 Å². The van der Waals surface area contributed by atoms with Gasteiger partial charge in [0.15, 0.2) is 0 Å². The number of anilines is 1. The molecule has 0 saturated heterocycles. The largest absolute Gasteiger partial charge is 0.403 e. The van der Waals surface area contributed by atoms with Crippen LogP contribution in [0, 0.1) is 6.92 Å². The lowest BCUT2D eigenvalue weighted by molar-refractivity contribution is 0.581. The fourth-order valence-corrected chi connectivity index (χ4v) is 3.71. The minimum Gasteiger partial charge on any atom is -0.403 e. The molecule has 0 radical (unpaired) electrons. The van der Waals surface area contributed by atoms with E-state index in [1.165, 1.54) is 30.3 Å². The Morgan fingerprint density at radius 3 is 2.86 bits per heavy atom. The van der Waals surface area contributed by atoms with Crippen molar-refractivity contribution in [2.45, 2.75) is 32.7 Å². The van der Waals surface area contributed by atoms with Crippen LogP contribution in [0.15, 0.2) is 53.5 Å². The summed E-state index contributed by atoms with van der Waals surface area (Å²) in [5.41, 5.74) is 7.07. The normalized spacial score (nSPS) is 12.9. The van der Waals surface area contributed by atoms with Gasteiger partial charge in [0.1, 0.15) is 12.7 Å². The molecule has 1 N–H and O–H groups in total. The molecule has 0 unspecified atom stereocenters. The van der Waals surface area contributed by atoms with E-state index >= 15 is 0 Å². The first-order valence-corrected chi connectivity index (χ1v) is 9.40. The van der Waals surface area contributed by atoms with Gasteiger partial charge in [-0.25, -0.2) is 9.67 Å². The maximum atomic E-state index is 5.81. The monoisotopic (exact) mass is 372 g/mol. The topological polar surface area (TPSA) is 81.7 Å². The van der Waals surface area contributed by atoms with Gasteiger partial charge in [-0.2, -0.15) is 5.10 Å². The van der Waals surface area contributed by atoms with Gasteiger partial charge in [0, 0.05) is 12.1 Å². The highest BCUT2D eigenvalue weighted by molar-refractivity contribution is 5.57. The SMILES string of the molecule is Cc1cc(CNc2nnc(-c3ccc4c(c3)CCC4)o2)ccc1-n1cncn1. The average molecular weight is 372 g/mol. The number of hydrogen-bond donors (Lipinski definition) is 1. The predicted molar refractivity (Wildman–Crippen MR) is 105 cm³/mol. The van der Waals surface area contributed by atoms with Gasteiger partial charge in [0.2, 0.25) is 5.89 Å². The van der Waals surface area contributed by atoms with Gasteiger partial charge in [-0.05, 0) is 66.6 Å². The van der Waals surface area contributed by atoms with Gasteiger partial charge in [0.25, 0.3) is 0 Å². The second-order valence-electron chi connectivity index (χ2n) is 7.06. The van der Waals surface area contributed by atoms with Crippen molar-refractivity contribution in [3.05, 3.63) is 71.3 Å². The molecule has 4 aromatic rings. The molecule has 7 heteroatoms. The summed E-state index contributed by atoms with van der Waals surface area (Å²) in [5, 5.41) is 15.7. The maximum absolute atomic E-state index is 5.81. The Morgan fingerprint density at radius 1 is 1.07 bits per heavy atom. The summed E-state index contributed by atoms with van der Waals surface area (Å²) in [6.45, 7) is 2.66. The van der Waals surface area contributed by atoms with Crippen molar-refractivity contribution in [2.24, 2.45) is 0 Å². The molecule has 0 spiro atoms. The van der Waals surface area contributed by atoms with E-state index in [-0.39, 0.29) is 0 Å². The standard InChI is InChI=1S/C21H20N6O/c1-14-9-15(5-8-19(14)27-13-22-12-24-27)11-23-21-26-25-20(28-21)18-7-6-16-3-2-4-17(16)10-18/h5-10,12-13H,2-4,11H2,1H3,(H,23,26).